The highest BCUT2D eigenvalue weighted by molar-refractivity contribution is 4.77. The van der Waals surface area contributed by atoms with Gasteiger partial charge in [-0.1, -0.05) is 13.8 Å². The van der Waals surface area contributed by atoms with Gasteiger partial charge in [0.25, 0.3) is 0 Å². The van der Waals surface area contributed by atoms with Crippen LogP contribution in [0.3, 0.4) is 0 Å². The van der Waals surface area contributed by atoms with E-state index in [1.165, 1.54) is 45.4 Å². The maximum atomic E-state index is 3.71. The van der Waals surface area contributed by atoms with Gasteiger partial charge < -0.3 is 15.1 Å². The lowest BCUT2D eigenvalue weighted by molar-refractivity contribution is 0.197. The first-order chi connectivity index (χ1) is 8.17. The molecule has 1 aliphatic rings. The topological polar surface area (TPSA) is 18.5 Å². The van der Waals surface area contributed by atoms with Crippen LogP contribution in [0, 0.1) is 0 Å². The van der Waals surface area contributed by atoms with Crippen molar-refractivity contribution in [2.45, 2.75) is 52.1 Å². The zero-order chi connectivity index (χ0) is 12.7. The second-order valence-corrected chi connectivity index (χ2v) is 5.40. The summed E-state index contributed by atoms with van der Waals surface area (Å²) in [6, 6.07) is 1.46. The minimum Gasteiger partial charge on any atom is -0.313 e. The maximum Gasteiger partial charge on any atom is 0.0107 e. The highest BCUT2D eigenvalue weighted by atomic mass is 15.2. The van der Waals surface area contributed by atoms with Crippen molar-refractivity contribution < 1.29 is 0 Å². The molecule has 1 saturated heterocycles. The van der Waals surface area contributed by atoms with Crippen molar-refractivity contribution in [3.05, 3.63) is 0 Å². The molecule has 1 heterocycles. The van der Waals surface area contributed by atoms with Gasteiger partial charge in [0, 0.05) is 25.2 Å². The normalized spacial score (nSPS) is 21.0. The highest BCUT2D eigenvalue weighted by Crippen LogP contribution is 2.09. The number of rotatable bonds is 7. The molecule has 0 radical (unpaired) electrons. The average molecular weight is 241 g/mol. The molecule has 0 aliphatic carbocycles. The Morgan fingerprint density at radius 2 is 1.94 bits per heavy atom. The first-order valence-electron chi connectivity index (χ1n) is 7.33. The minimum atomic E-state index is 0.707. The summed E-state index contributed by atoms with van der Waals surface area (Å²) in [7, 11) is 2.23. The maximum absolute atomic E-state index is 3.71. The Kier molecular flexibility index (Phi) is 7.09. The number of nitrogens with zero attached hydrogens (tertiary/aromatic N) is 2. The molecular formula is C14H31N3. The lowest BCUT2D eigenvalue weighted by Gasteiger charge is -2.32. The molecule has 0 bridgehead atoms. The van der Waals surface area contributed by atoms with Gasteiger partial charge in [0.05, 0.1) is 0 Å². The number of likely N-dealkylation sites (tertiary alicyclic amines) is 1. The van der Waals surface area contributed by atoms with Crippen LogP contribution >= 0.6 is 0 Å². The zero-order valence-corrected chi connectivity index (χ0v) is 12.2. The summed E-state index contributed by atoms with van der Waals surface area (Å²) < 4.78 is 0. The van der Waals surface area contributed by atoms with Gasteiger partial charge in [-0.3, -0.25) is 0 Å². The summed E-state index contributed by atoms with van der Waals surface area (Å²) >= 11 is 0. The van der Waals surface area contributed by atoms with Gasteiger partial charge in [-0.05, 0) is 52.9 Å². The minimum absolute atomic E-state index is 0.707. The summed E-state index contributed by atoms with van der Waals surface area (Å²) in [5.41, 5.74) is 0. The molecule has 1 N–H and O–H groups in total. The Morgan fingerprint density at radius 3 is 2.47 bits per heavy atom. The third-order valence-electron chi connectivity index (χ3n) is 4.28. The molecule has 1 aliphatic heterocycles. The fourth-order valence-corrected chi connectivity index (χ4v) is 2.43. The fraction of sp³-hybridized carbons (Fsp3) is 1.00. The fourth-order valence-electron chi connectivity index (χ4n) is 2.43. The van der Waals surface area contributed by atoms with Crippen LogP contribution in [0.1, 0.15) is 40.0 Å². The third-order valence-corrected chi connectivity index (χ3v) is 4.28. The van der Waals surface area contributed by atoms with Crippen molar-refractivity contribution in [1.82, 2.24) is 15.1 Å². The molecule has 0 aromatic heterocycles. The van der Waals surface area contributed by atoms with Crippen molar-refractivity contribution in [3.63, 3.8) is 0 Å². The molecule has 3 nitrogen and oxygen atoms in total. The molecule has 0 saturated carbocycles. The molecule has 1 unspecified atom stereocenters. The average Bonchev–Trinajstić information content (AvgIpc) is 2.38. The second kappa shape index (κ2) is 8.06. The quantitative estimate of drug-likeness (QED) is 0.733. The van der Waals surface area contributed by atoms with Crippen molar-refractivity contribution in [3.8, 4) is 0 Å². The SMILES string of the molecule is CCC(C)N(C)CCNC1CCN(CC)CC1. The van der Waals surface area contributed by atoms with Crippen LogP contribution in [0.5, 0.6) is 0 Å². The largest absolute Gasteiger partial charge is 0.313 e. The van der Waals surface area contributed by atoms with Crippen LogP contribution in [0.25, 0.3) is 0 Å². The lowest BCUT2D eigenvalue weighted by Crippen LogP contribution is -2.45. The smallest absolute Gasteiger partial charge is 0.0107 e. The summed E-state index contributed by atoms with van der Waals surface area (Å²) in [5, 5.41) is 3.71. The second-order valence-electron chi connectivity index (χ2n) is 5.40. The van der Waals surface area contributed by atoms with E-state index in [1.54, 1.807) is 0 Å². The van der Waals surface area contributed by atoms with Crippen molar-refractivity contribution in [2.75, 3.05) is 39.8 Å². The predicted molar refractivity (Wildman–Crippen MR) is 75.5 cm³/mol. The molecule has 0 spiro atoms. The Balaban J connectivity index is 2.07. The first-order valence-corrected chi connectivity index (χ1v) is 7.33. The Bertz CT molecular complexity index is 188. The zero-order valence-electron chi connectivity index (χ0n) is 12.2. The van der Waals surface area contributed by atoms with E-state index in [1.807, 2.05) is 0 Å². The number of hydrogen-bond donors (Lipinski definition) is 1. The molecule has 3 heteroatoms. The summed E-state index contributed by atoms with van der Waals surface area (Å²) in [5.74, 6) is 0. The van der Waals surface area contributed by atoms with E-state index in [4.69, 9.17) is 0 Å². The van der Waals surface area contributed by atoms with E-state index in [9.17, 15) is 0 Å². The molecule has 17 heavy (non-hydrogen) atoms. The van der Waals surface area contributed by atoms with E-state index in [0.29, 0.717) is 6.04 Å². The molecule has 1 rings (SSSR count). The Labute approximate surface area is 108 Å². The molecule has 0 aromatic rings. The van der Waals surface area contributed by atoms with Gasteiger partial charge in [0.15, 0.2) is 0 Å². The van der Waals surface area contributed by atoms with Crippen LogP contribution in [0.4, 0.5) is 0 Å². The third kappa shape index (κ3) is 5.36. The number of nitrogens with one attached hydrogen (secondary N) is 1. The van der Waals surface area contributed by atoms with Crippen LogP contribution in [-0.2, 0) is 0 Å². The van der Waals surface area contributed by atoms with Gasteiger partial charge >= 0.3 is 0 Å². The van der Waals surface area contributed by atoms with Crippen LogP contribution in [0.15, 0.2) is 0 Å². The number of hydrogen-bond acceptors (Lipinski definition) is 3. The van der Waals surface area contributed by atoms with Crippen molar-refractivity contribution in [2.24, 2.45) is 0 Å². The number of piperidine rings is 1. The van der Waals surface area contributed by atoms with E-state index < -0.39 is 0 Å². The molecule has 102 valence electrons. The summed E-state index contributed by atoms with van der Waals surface area (Å²) in [4.78, 5) is 5.00. The lowest BCUT2D eigenvalue weighted by atomic mass is 10.1. The molecule has 1 atom stereocenters. The summed E-state index contributed by atoms with van der Waals surface area (Å²) in [6.45, 7) is 12.9. The Hall–Kier alpha value is -0.120. The first kappa shape index (κ1) is 14.9. The monoisotopic (exact) mass is 241 g/mol. The van der Waals surface area contributed by atoms with Gasteiger partial charge in [0.2, 0.25) is 0 Å². The van der Waals surface area contributed by atoms with Gasteiger partial charge in [-0.2, -0.15) is 0 Å². The van der Waals surface area contributed by atoms with Crippen molar-refractivity contribution >= 4 is 0 Å². The van der Waals surface area contributed by atoms with E-state index in [-0.39, 0.29) is 0 Å². The molecular weight excluding hydrogens is 210 g/mol. The Morgan fingerprint density at radius 1 is 1.29 bits per heavy atom. The van der Waals surface area contributed by atoms with E-state index >= 15 is 0 Å². The van der Waals surface area contributed by atoms with Crippen LogP contribution < -0.4 is 5.32 Å². The molecule has 0 amide bonds. The predicted octanol–water partition coefficient (Wildman–Crippen LogP) is 1.79. The van der Waals surface area contributed by atoms with Gasteiger partial charge in [0.1, 0.15) is 0 Å². The number of likely N-dealkylation sites (N-methyl/N-ethyl adjacent to an activating group) is 1. The van der Waals surface area contributed by atoms with Gasteiger partial charge in [-0.15, -0.1) is 0 Å². The van der Waals surface area contributed by atoms with E-state index in [0.717, 1.165) is 12.6 Å². The standard InChI is InChI=1S/C14H31N3/c1-5-13(3)16(4)12-9-15-14-7-10-17(6-2)11-8-14/h13-15H,5-12H2,1-4H3. The van der Waals surface area contributed by atoms with Crippen LogP contribution in [0.2, 0.25) is 0 Å². The highest BCUT2D eigenvalue weighted by Gasteiger charge is 2.17. The van der Waals surface area contributed by atoms with Crippen molar-refractivity contribution in [1.29, 1.82) is 0 Å². The van der Waals surface area contributed by atoms with Crippen LogP contribution in [-0.4, -0.2) is 61.7 Å². The van der Waals surface area contributed by atoms with E-state index in [2.05, 4.69) is 42.9 Å². The summed E-state index contributed by atoms with van der Waals surface area (Å²) in [6.07, 6.45) is 3.88. The molecule has 1 fully saturated rings. The molecule has 0 aromatic carbocycles. The van der Waals surface area contributed by atoms with Gasteiger partial charge in [-0.25, -0.2) is 0 Å².